The number of para-hydroxylation sites is 1. The van der Waals surface area contributed by atoms with Gasteiger partial charge in [0.05, 0.1) is 19.8 Å². The minimum Gasteiger partial charge on any atom is -0.496 e. The number of aryl methyl sites for hydroxylation is 1. The predicted molar refractivity (Wildman–Crippen MR) is 103 cm³/mol. The van der Waals surface area contributed by atoms with Crippen molar-refractivity contribution in [3.63, 3.8) is 0 Å². The van der Waals surface area contributed by atoms with Crippen molar-refractivity contribution in [1.29, 1.82) is 0 Å². The maximum atomic E-state index is 12.8. The number of benzene rings is 2. The first-order valence-corrected chi connectivity index (χ1v) is 9.37. The molecule has 1 amide bonds. The largest absolute Gasteiger partial charge is 0.496 e. The molecule has 1 atom stereocenters. The molecule has 1 fully saturated rings. The van der Waals surface area contributed by atoms with E-state index >= 15 is 0 Å². The van der Waals surface area contributed by atoms with E-state index in [0.717, 1.165) is 36.4 Å². The molecule has 0 aliphatic carbocycles. The van der Waals surface area contributed by atoms with Gasteiger partial charge in [0.1, 0.15) is 11.5 Å². The number of amides is 1. The van der Waals surface area contributed by atoms with Gasteiger partial charge in [-0.1, -0.05) is 30.3 Å². The molecule has 4 nitrogen and oxygen atoms in total. The summed E-state index contributed by atoms with van der Waals surface area (Å²) in [5.41, 5.74) is 2.27. The average molecular weight is 353 g/mol. The smallest absolute Gasteiger partial charge is 0.223 e. The molecule has 0 spiro atoms. The first kappa shape index (κ1) is 18.3. The topological polar surface area (TPSA) is 38.8 Å². The molecule has 1 unspecified atom stereocenters. The zero-order chi connectivity index (χ0) is 18.4. The molecular formula is C22H27NO3. The maximum absolute atomic E-state index is 12.8. The van der Waals surface area contributed by atoms with Gasteiger partial charge in [-0.2, -0.15) is 0 Å². The van der Waals surface area contributed by atoms with E-state index in [2.05, 4.69) is 12.1 Å². The van der Waals surface area contributed by atoms with Crippen LogP contribution in [0.3, 0.4) is 0 Å². The maximum Gasteiger partial charge on any atom is 0.223 e. The van der Waals surface area contributed by atoms with E-state index in [4.69, 9.17) is 9.47 Å². The number of rotatable bonds is 7. The molecule has 4 heteroatoms. The van der Waals surface area contributed by atoms with Crippen LogP contribution in [0.4, 0.5) is 0 Å². The summed E-state index contributed by atoms with van der Waals surface area (Å²) < 4.78 is 10.9. The second-order valence-corrected chi connectivity index (χ2v) is 6.56. The Hall–Kier alpha value is -2.49. The number of ether oxygens (including phenoxy) is 2. The van der Waals surface area contributed by atoms with Gasteiger partial charge in [-0.25, -0.2) is 0 Å². The summed E-state index contributed by atoms with van der Waals surface area (Å²) in [6.07, 6.45) is 3.29. The first-order valence-electron chi connectivity index (χ1n) is 9.37. The van der Waals surface area contributed by atoms with Gasteiger partial charge in [-0.05, 0) is 55.5 Å². The molecule has 0 aromatic heterocycles. The number of carbonyl (C=O) groups excluding carboxylic acids is 1. The van der Waals surface area contributed by atoms with Crippen molar-refractivity contribution >= 4 is 5.91 Å². The lowest BCUT2D eigenvalue weighted by Crippen LogP contribution is -2.30. The number of hydrogen-bond acceptors (Lipinski definition) is 3. The van der Waals surface area contributed by atoms with Crippen LogP contribution in [0, 0.1) is 0 Å². The number of carbonyl (C=O) groups is 1. The summed E-state index contributed by atoms with van der Waals surface area (Å²) in [6, 6.07) is 16.2. The van der Waals surface area contributed by atoms with Crippen LogP contribution in [-0.2, 0) is 11.2 Å². The van der Waals surface area contributed by atoms with Gasteiger partial charge in [-0.3, -0.25) is 4.79 Å². The van der Waals surface area contributed by atoms with Crippen molar-refractivity contribution in [2.24, 2.45) is 0 Å². The molecule has 3 rings (SSSR count). The van der Waals surface area contributed by atoms with E-state index < -0.39 is 0 Å². The minimum atomic E-state index is 0.177. The van der Waals surface area contributed by atoms with Gasteiger partial charge >= 0.3 is 0 Å². The molecule has 1 aliphatic heterocycles. The Kier molecular flexibility index (Phi) is 6.16. The van der Waals surface area contributed by atoms with Crippen LogP contribution in [0.15, 0.2) is 48.5 Å². The van der Waals surface area contributed by atoms with Crippen LogP contribution >= 0.6 is 0 Å². The molecule has 2 aromatic carbocycles. The fourth-order valence-electron chi connectivity index (χ4n) is 3.66. The third-order valence-electron chi connectivity index (χ3n) is 4.95. The fourth-order valence-corrected chi connectivity index (χ4v) is 3.66. The Morgan fingerprint density at radius 2 is 1.92 bits per heavy atom. The monoisotopic (exact) mass is 353 g/mol. The molecule has 138 valence electrons. The fraction of sp³-hybridized carbons (Fsp3) is 0.409. The highest BCUT2D eigenvalue weighted by atomic mass is 16.5. The lowest BCUT2D eigenvalue weighted by atomic mass is 10.0. The Bertz CT molecular complexity index is 726. The number of likely N-dealkylation sites (tertiary alicyclic amines) is 1. The molecule has 26 heavy (non-hydrogen) atoms. The highest BCUT2D eigenvalue weighted by Crippen LogP contribution is 2.33. The summed E-state index contributed by atoms with van der Waals surface area (Å²) in [4.78, 5) is 14.9. The van der Waals surface area contributed by atoms with Crippen LogP contribution in [0.1, 0.15) is 43.4 Å². The molecular weight excluding hydrogens is 326 g/mol. The zero-order valence-corrected chi connectivity index (χ0v) is 15.6. The van der Waals surface area contributed by atoms with E-state index in [-0.39, 0.29) is 11.9 Å². The SMILES string of the molecule is CCOc1ccc(C2CCCN2C(=O)CCc2ccccc2OC)cc1. The molecule has 1 saturated heterocycles. The second-order valence-electron chi connectivity index (χ2n) is 6.56. The molecule has 2 aromatic rings. The van der Waals surface area contributed by atoms with Crippen molar-refractivity contribution in [1.82, 2.24) is 4.90 Å². The van der Waals surface area contributed by atoms with Gasteiger partial charge in [0.2, 0.25) is 5.91 Å². The highest BCUT2D eigenvalue weighted by Gasteiger charge is 2.29. The van der Waals surface area contributed by atoms with Crippen LogP contribution in [0.2, 0.25) is 0 Å². The predicted octanol–water partition coefficient (Wildman–Crippen LogP) is 4.39. The Morgan fingerprint density at radius 3 is 2.65 bits per heavy atom. The molecule has 1 heterocycles. The molecule has 1 aliphatic rings. The summed E-state index contributed by atoms with van der Waals surface area (Å²) in [5, 5.41) is 0. The highest BCUT2D eigenvalue weighted by molar-refractivity contribution is 5.77. The van der Waals surface area contributed by atoms with E-state index in [9.17, 15) is 4.79 Å². The van der Waals surface area contributed by atoms with E-state index in [0.29, 0.717) is 19.4 Å². The average Bonchev–Trinajstić information content (AvgIpc) is 3.17. The molecule has 0 radical (unpaired) electrons. The number of methoxy groups -OCH3 is 1. The molecule has 0 bridgehead atoms. The molecule has 0 saturated carbocycles. The van der Waals surface area contributed by atoms with Gasteiger partial charge in [0, 0.05) is 13.0 Å². The van der Waals surface area contributed by atoms with Gasteiger partial charge in [-0.15, -0.1) is 0 Å². The summed E-state index contributed by atoms with van der Waals surface area (Å²) in [7, 11) is 1.67. The van der Waals surface area contributed by atoms with Crippen molar-refractivity contribution in [2.45, 2.75) is 38.6 Å². The lowest BCUT2D eigenvalue weighted by molar-refractivity contribution is -0.132. The Morgan fingerprint density at radius 1 is 1.15 bits per heavy atom. The number of nitrogens with zero attached hydrogens (tertiary/aromatic N) is 1. The quantitative estimate of drug-likeness (QED) is 0.741. The summed E-state index contributed by atoms with van der Waals surface area (Å²) >= 11 is 0. The first-order chi connectivity index (χ1) is 12.7. The Balaban J connectivity index is 1.64. The van der Waals surface area contributed by atoms with Gasteiger partial charge < -0.3 is 14.4 Å². The van der Waals surface area contributed by atoms with Crippen molar-refractivity contribution < 1.29 is 14.3 Å². The van der Waals surface area contributed by atoms with Crippen molar-refractivity contribution in [3.05, 3.63) is 59.7 Å². The Labute approximate surface area is 155 Å². The zero-order valence-electron chi connectivity index (χ0n) is 15.6. The van der Waals surface area contributed by atoms with E-state index in [1.807, 2.05) is 48.2 Å². The van der Waals surface area contributed by atoms with E-state index in [1.54, 1.807) is 7.11 Å². The van der Waals surface area contributed by atoms with Gasteiger partial charge in [0.15, 0.2) is 0 Å². The van der Waals surface area contributed by atoms with Crippen LogP contribution in [0.5, 0.6) is 11.5 Å². The van der Waals surface area contributed by atoms with Crippen LogP contribution < -0.4 is 9.47 Å². The van der Waals surface area contributed by atoms with Crippen molar-refractivity contribution in [2.75, 3.05) is 20.3 Å². The standard InChI is InChI=1S/C22H27NO3/c1-3-26-19-13-10-17(11-14-19)20-8-6-16-23(20)22(24)15-12-18-7-4-5-9-21(18)25-2/h4-5,7,9-11,13-14,20H,3,6,8,12,15-16H2,1-2H3. The molecule has 0 N–H and O–H groups in total. The third kappa shape index (κ3) is 4.18. The normalized spacial score (nSPS) is 16.5. The summed E-state index contributed by atoms with van der Waals surface area (Å²) in [5.74, 6) is 1.94. The second kappa shape index (κ2) is 8.75. The van der Waals surface area contributed by atoms with E-state index in [1.165, 1.54) is 5.56 Å². The van der Waals surface area contributed by atoms with Crippen LogP contribution in [-0.4, -0.2) is 31.1 Å². The number of hydrogen-bond donors (Lipinski definition) is 0. The minimum absolute atomic E-state index is 0.177. The third-order valence-corrected chi connectivity index (χ3v) is 4.95. The lowest BCUT2D eigenvalue weighted by Gasteiger charge is -2.25. The van der Waals surface area contributed by atoms with Crippen LogP contribution in [0.25, 0.3) is 0 Å². The summed E-state index contributed by atoms with van der Waals surface area (Å²) in [6.45, 7) is 3.48. The van der Waals surface area contributed by atoms with Crippen molar-refractivity contribution in [3.8, 4) is 11.5 Å². The van der Waals surface area contributed by atoms with Gasteiger partial charge in [0.25, 0.3) is 0 Å².